The van der Waals surface area contributed by atoms with Crippen LogP contribution in [0.4, 0.5) is 5.69 Å². The van der Waals surface area contributed by atoms with Crippen LogP contribution in [0, 0.1) is 11.3 Å². The van der Waals surface area contributed by atoms with Crippen molar-refractivity contribution in [2.75, 3.05) is 18.2 Å². The summed E-state index contributed by atoms with van der Waals surface area (Å²) in [5.74, 6) is -0.853. The minimum Gasteiger partial charge on any atom is -0.465 e. The Morgan fingerprint density at radius 1 is 1.10 bits per heavy atom. The van der Waals surface area contributed by atoms with Gasteiger partial charge in [-0.1, -0.05) is 30.0 Å². The van der Waals surface area contributed by atoms with Crippen LogP contribution in [0.15, 0.2) is 65.8 Å². The molecule has 0 unspecified atom stereocenters. The number of benzene rings is 1. The SMILES string of the molecule is COC(=O)c1ccccc1NC(=O)CSc1nc(-c2ccccn2)ccc1C#N. The highest BCUT2D eigenvalue weighted by Crippen LogP contribution is 2.25. The number of anilines is 1. The van der Waals surface area contributed by atoms with Crippen LogP contribution in [-0.2, 0) is 9.53 Å². The molecule has 29 heavy (non-hydrogen) atoms. The molecule has 144 valence electrons. The third-order valence-corrected chi connectivity index (χ3v) is 4.85. The lowest BCUT2D eigenvalue weighted by Crippen LogP contribution is -2.17. The second-order valence-electron chi connectivity index (χ2n) is 5.75. The van der Waals surface area contributed by atoms with Crippen molar-refractivity contribution in [1.82, 2.24) is 9.97 Å². The van der Waals surface area contributed by atoms with Gasteiger partial charge in [0.05, 0.1) is 41.1 Å². The number of carbonyl (C=O) groups is 2. The summed E-state index contributed by atoms with van der Waals surface area (Å²) in [6.07, 6.45) is 1.66. The number of hydrogen-bond acceptors (Lipinski definition) is 7. The third-order valence-electron chi connectivity index (χ3n) is 3.85. The minimum atomic E-state index is -0.537. The van der Waals surface area contributed by atoms with Crippen LogP contribution in [0.2, 0.25) is 0 Å². The number of nitrogens with zero attached hydrogens (tertiary/aromatic N) is 3. The Hall–Kier alpha value is -3.70. The molecule has 7 nitrogen and oxygen atoms in total. The highest BCUT2D eigenvalue weighted by molar-refractivity contribution is 8.00. The fraction of sp³-hybridized carbons (Fsp3) is 0.0952. The van der Waals surface area contributed by atoms with Gasteiger partial charge in [-0.3, -0.25) is 9.78 Å². The predicted octanol–water partition coefficient (Wildman–Crippen LogP) is 3.53. The number of nitrogens with one attached hydrogen (secondary N) is 1. The zero-order valence-electron chi connectivity index (χ0n) is 15.5. The Kier molecular flexibility index (Phi) is 6.55. The van der Waals surface area contributed by atoms with Gasteiger partial charge >= 0.3 is 5.97 Å². The van der Waals surface area contributed by atoms with Gasteiger partial charge in [0.15, 0.2) is 0 Å². The van der Waals surface area contributed by atoms with Gasteiger partial charge in [-0.25, -0.2) is 9.78 Å². The standard InChI is InChI=1S/C21H16N4O3S/c1-28-21(27)15-6-2-3-7-16(15)24-19(26)13-29-20-14(12-22)9-10-18(25-20)17-8-4-5-11-23-17/h2-11H,13H2,1H3,(H,24,26). The maximum absolute atomic E-state index is 12.4. The average molecular weight is 404 g/mol. The molecule has 0 saturated heterocycles. The summed E-state index contributed by atoms with van der Waals surface area (Å²) >= 11 is 1.14. The second kappa shape index (κ2) is 9.48. The zero-order valence-corrected chi connectivity index (χ0v) is 16.3. The summed E-state index contributed by atoms with van der Waals surface area (Å²) < 4.78 is 4.73. The van der Waals surface area contributed by atoms with E-state index >= 15 is 0 Å². The number of amides is 1. The van der Waals surface area contributed by atoms with E-state index in [4.69, 9.17) is 4.74 Å². The molecular formula is C21H16N4O3S. The summed E-state index contributed by atoms with van der Waals surface area (Å²) in [4.78, 5) is 32.9. The summed E-state index contributed by atoms with van der Waals surface area (Å²) in [6.45, 7) is 0. The molecule has 0 saturated carbocycles. The maximum atomic E-state index is 12.4. The normalized spacial score (nSPS) is 10.1. The van der Waals surface area contributed by atoms with Crippen LogP contribution in [0.5, 0.6) is 0 Å². The van der Waals surface area contributed by atoms with Crippen molar-refractivity contribution in [3.8, 4) is 17.5 Å². The molecular weight excluding hydrogens is 388 g/mol. The van der Waals surface area contributed by atoms with E-state index in [2.05, 4.69) is 21.4 Å². The van der Waals surface area contributed by atoms with Crippen molar-refractivity contribution in [2.24, 2.45) is 0 Å². The molecule has 0 bridgehead atoms. The lowest BCUT2D eigenvalue weighted by molar-refractivity contribution is -0.113. The van der Waals surface area contributed by atoms with E-state index in [9.17, 15) is 14.9 Å². The van der Waals surface area contributed by atoms with Gasteiger partial charge in [0.25, 0.3) is 0 Å². The van der Waals surface area contributed by atoms with Gasteiger partial charge in [0.2, 0.25) is 5.91 Å². The van der Waals surface area contributed by atoms with E-state index in [0.29, 0.717) is 27.7 Å². The van der Waals surface area contributed by atoms with Crippen LogP contribution >= 0.6 is 11.8 Å². The quantitative estimate of drug-likeness (QED) is 0.495. The number of esters is 1. The van der Waals surface area contributed by atoms with Gasteiger partial charge in [-0.05, 0) is 36.4 Å². The van der Waals surface area contributed by atoms with Crippen molar-refractivity contribution in [3.05, 3.63) is 71.9 Å². The number of carbonyl (C=O) groups excluding carboxylic acids is 2. The second-order valence-corrected chi connectivity index (χ2v) is 6.71. The van der Waals surface area contributed by atoms with E-state index < -0.39 is 5.97 Å². The van der Waals surface area contributed by atoms with E-state index in [1.807, 2.05) is 12.1 Å². The summed E-state index contributed by atoms with van der Waals surface area (Å²) in [5, 5.41) is 12.5. The van der Waals surface area contributed by atoms with Crippen molar-refractivity contribution in [2.45, 2.75) is 5.03 Å². The Bertz CT molecular complexity index is 1080. The number of hydrogen-bond donors (Lipinski definition) is 1. The number of ether oxygens (including phenoxy) is 1. The summed E-state index contributed by atoms with van der Waals surface area (Å²) in [6, 6.07) is 17.5. The van der Waals surface area contributed by atoms with E-state index in [1.165, 1.54) is 7.11 Å². The Labute approximate surface area is 171 Å². The first-order chi connectivity index (χ1) is 14.1. The molecule has 0 atom stereocenters. The van der Waals surface area contributed by atoms with Gasteiger partial charge in [0, 0.05) is 6.20 Å². The molecule has 3 rings (SSSR count). The Balaban J connectivity index is 1.74. The van der Waals surface area contributed by atoms with Crippen LogP contribution in [-0.4, -0.2) is 34.7 Å². The molecule has 0 aliphatic heterocycles. The van der Waals surface area contributed by atoms with Gasteiger partial charge in [-0.15, -0.1) is 0 Å². The van der Waals surface area contributed by atoms with E-state index in [-0.39, 0.29) is 17.2 Å². The number of methoxy groups -OCH3 is 1. The molecule has 2 heterocycles. The molecule has 8 heteroatoms. The molecule has 3 aromatic rings. The Morgan fingerprint density at radius 2 is 1.90 bits per heavy atom. The molecule has 0 aliphatic carbocycles. The first-order valence-electron chi connectivity index (χ1n) is 8.55. The predicted molar refractivity (Wildman–Crippen MR) is 109 cm³/mol. The number of aromatic nitrogens is 2. The van der Waals surface area contributed by atoms with E-state index in [1.54, 1.807) is 48.7 Å². The van der Waals surface area contributed by atoms with Crippen molar-refractivity contribution in [1.29, 1.82) is 5.26 Å². The topological polar surface area (TPSA) is 105 Å². The number of rotatable bonds is 6. The van der Waals surface area contributed by atoms with Crippen molar-refractivity contribution >= 4 is 29.3 Å². The number of thioether (sulfide) groups is 1. The first kappa shape index (κ1) is 20.0. The van der Waals surface area contributed by atoms with Crippen molar-refractivity contribution < 1.29 is 14.3 Å². The molecule has 2 aromatic heterocycles. The highest BCUT2D eigenvalue weighted by atomic mass is 32.2. The van der Waals surface area contributed by atoms with Crippen LogP contribution in [0.3, 0.4) is 0 Å². The molecule has 0 fully saturated rings. The largest absolute Gasteiger partial charge is 0.465 e. The fourth-order valence-corrected chi connectivity index (χ4v) is 3.26. The fourth-order valence-electron chi connectivity index (χ4n) is 2.49. The molecule has 0 radical (unpaired) electrons. The third kappa shape index (κ3) is 4.97. The number of pyridine rings is 2. The van der Waals surface area contributed by atoms with E-state index in [0.717, 1.165) is 11.8 Å². The number of nitriles is 1. The van der Waals surface area contributed by atoms with Gasteiger partial charge < -0.3 is 10.1 Å². The minimum absolute atomic E-state index is 0.0167. The molecule has 1 aromatic carbocycles. The summed E-state index contributed by atoms with van der Waals surface area (Å²) in [7, 11) is 1.28. The molecule has 0 spiro atoms. The maximum Gasteiger partial charge on any atom is 0.339 e. The summed E-state index contributed by atoms with van der Waals surface area (Å²) in [5.41, 5.74) is 2.29. The zero-order chi connectivity index (χ0) is 20.6. The smallest absolute Gasteiger partial charge is 0.339 e. The lowest BCUT2D eigenvalue weighted by Gasteiger charge is -2.10. The number of para-hydroxylation sites is 1. The van der Waals surface area contributed by atoms with Crippen molar-refractivity contribution in [3.63, 3.8) is 0 Å². The van der Waals surface area contributed by atoms with Crippen LogP contribution in [0.25, 0.3) is 11.4 Å². The van der Waals surface area contributed by atoms with Crippen LogP contribution < -0.4 is 5.32 Å². The average Bonchev–Trinajstić information content (AvgIpc) is 2.78. The monoisotopic (exact) mass is 404 g/mol. The molecule has 1 amide bonds. The lowest BCUT2D eigenvalue weighted by atomic mass is 10.2. The van der Waals surface area contributed by atoms with Gasteiger partial charge in [0.1, 0.15) is 11.1 Å². The molecule has 1 N–H and O–H groups in total. The Morgan fingerprint density at radius 3 is 2.62 bits per heavy atom. The van der Waals surface area contributed by atoms with Gasteiger partial charge in [-0.2, -0.15) is 5.26 Å². The van der Waals surface area contributed by atoms with Crippen LogP contribution in [0.1, 0.15) is 15.9 Å². The first-order valence-corrected chi connectivity index (χ1v) is 9.53. The highest BCUT2D eigenvalue weighted by Gasteiger charge is 2.15. The molecule has 0 aliphatic rings.